The van der Waals surface area contributed by atoms with Gasteiger partial charge in [0.1, 0.15) is 0 Å². The largest absolute Gasteiger partial charge is 0.395 e. The lowest BCUT2D eigenvalue weighted by Crippen LogP contribution is -2.28. The first-order valence-corrected chi connectivity index (χ1v) is 5.82. The Bertz CT molecular complexity index is 343. The molecule has 1 aliphatic rings. The van der Waals surface area contributed by atoms with Crippen molar-refractivity contribution in [3.05, 3.63) is 11.7 Å². The van der Waals surface area contributed by atoms with Crippen molar-refractivity contribution in [2.75, 3.05) is 13.2 Å². The highest BCUT2D eigenvalue weighted by Gasteiger charge is 2.29. The average molecular weight is 225 g/mol. The molecule has 90 valence electrons. The second-order valence-electron chi connectivity index (χ2n) is 5.00. The zero-order chi connectivity index (χ0) is 11.6. The number of hydrogen-bond acceptors (Lipinski definition) is 5. The Morgan fingerprint density at radius 2 is 2.31 bits per heavy atom. The molecule has 0 aromatic carbocycles. The van der Waals surface area contributed by atoms with Crippen LogP contribution in [0.2, 0.25) is 0 Å². The number of aliphatic hydroxyl groups excluding tert-OH is 1. The highest BCUT2D eigenvalue weighted by molar-refractivity contribution is 5.03. The van der Waals surface area contributed by atoms with Crippen LogP contribution in [0.4, 0.5) is 0 Å². The smallest absolute Gasteiger partial charge is 0.234 e. The van der Waals surface area contributed by atoms with Crippen molar-refractivity contribution in [3.63, 3.8) is 0 Å². The molecule has 0 spiro atoms. The molecule has 5 heteroatoms. The van der Waals surface area contributed by atoms with Gasteiger partial charge in [-0.15, -0.1) is 0 Å². The molecular weight excluding hydrogens is 206 g/mol. The number of nitrogens with one attached hydrogen (secondary N) is 1. The highest BCUT2D eigenvalue weighted by Crippen LogP contribution is 2.25. The Kier molecular flexibility index (Phi) is 3.25. The first-order chi connectivity index (χ1) is 7.63. The van der Waals surface area contributed by atoms with Gasteiger partial charge in [-0.25, -0.2) is 0 Å². The van der Waals surface area contributed by atoms with Crippen LogP contribution in [0.1, 0.15) is 50.9 Å². The van der Waals surface area contributed by atoms with Gasteiger partial charge in [-0.2, -0.15) is 4.98 Å². The number of hydrogen-bond donors (Lipinski definition) is 2. The van der Waals surface area contributed by atoms with E-state index in [1.54, 1.807) is 0 Å². The van der Waals surface area contributed by atoms with Crippen LogP contribution in [-0.2, 0) is 5.41 Å². The quantitative estimate of drug-likeness (QED) is 0.807. The van der Waals surface area contributed by atoms with Crippen molar-refractivity contribution in [1.82, 2.24) is 15.5 Å². The number of aromatic nitrogens is 2. The Morgan fingerprint density at radius 1 is 1.50 bits per heavy atom. The van der Waals surface area contributed by atoms with Crippen molar-refractivity contribution in [1.29, 1.82) is 0 Å². The van der Waals surface area contributed by atoms with Crippen molar-refractivity contribution < 1.29 is 9.63 Å². The second-order valence-corrected chi connectivity index (χ2v) is 5.00. The van der Waals surface area contributed by atoms with Crippen LogP contribution in [0, 0.1) is 0 Å². The number of rotatable bonds is 3. The molecule has 1 aromatic rings. The summed E-state index contributed by atoms with van der Waals surface area (Å²) in [5, 5.41) is 16.6. The third-order valence-electron chi connectivity index (χ3n) is 3.04. The molecule has 0 radical (unpaired) electrons. The Morgan fingerprint density at radius 3 is 2.94 bits per heavy atom. The fraction of sp³-hybridized carbons (Fsp3) is 0.818. The van der Waals surface area contributed by atoms with Gasteiger partial charge in [0, 0.05) is 0 Å². The molecule has 0 saturated carbocycles. The van der Waals surface area contributed by atoms with E-state index in [0.717, 1.165) is 18.8 Å². The topological polar surface area (TPSA) is 71.2 Å². The summed E-state index contributed by atoms with van der Waals surface area (Å²) in [6, 6.07) is 0.209. The van der Waals surface area contributed by atoms with E-state index in [1.165, 1.54) is 12.8 Å². The fourth-order valence-corrected chi connectivity index (χ4v) is 1.79. The van der Waals surface area contributed by atoms with E-state index in [2.05, 4.69) is 15.5 Å². The van der Waals surface area contributed by atoms with Crippen LogP contribution in [0.3, 0.4) is 0 Å². The Hall–Kier alpha value is -0.940. The molecule has 16 heavy (non-hydrogen) atoms. The van der Waals surface area contributed by atoms with Crippen LogP contribution in [0.5, 0.6) is 0 Å². The summed E-state index contributed by atoms with van der Waals surface area (Å²) in [6.07, 6.45) is 3.47. The molecule has 0 aliphatic carbocycles. The lowest BCUT2D eigenvalue weighted by Gasteiger charge is -2.20. The molecule has 1 aliphatic heterocycles. The van der Waals surface area contributed by atoms with Gasteiger partial charge in [-0.1, -0.05) is 11.6 Å². The van der Waals surface area contributed by atoms with Crippen molar-refractivity contribution in [3.8, 4) is 0 Å². The van der Waals surface area contributed by atoms with Crippen molar-refractivity contribution in [2.45, 2.75) is 44.6 Å². The maximum atomic E-state index is 9.22. The normalized spacial score (nSPS) is 22.3. The minimum Gasteiger partial charge on any atom is -0.395 e. The van der Waals surface area contributed by atoms with Gasteiger partial charge in [-0.3, -0.25) is 0 Å². The van der Waals surface area contributed by atoms with Crippen molar-refractivity contribution >= 4 is 0 Å². The SMILES string of the molecule is CC(C)(CO)c1nc(C2CCCCN2)no1. The Balaban J connectivity index is 2.12. The lowest BCUT2D eigenvalue weighted by atomic mass is 9.95. The van der Waals surface area contributed by atoms with E-state index < -0.39 is 5.41 Å². The molecule has 1 saturated heterocycles. The van der Waals surface area contributed by atoms with Gasteiger partial charge >= 0.3 is 0 Å². The summed E-state index contributed by atoms with van der Waals surface area (Å²) in [6.45, 7) is 4.79. The Labute approximate surface area is 95.2 Å². The van der Waals surface area contributed by atoms with E-state index >= 15 is 0 Å². The average Bonchev–Trinajstić information content (AvgIpc) is 2.80. The summed E-state index contributed by atoms with van der Waals surface area (Å²) < 4.78 is 5.21. The van der Waals surface area contributed by atoms with Crippen LogP contribution >= 0.6 is 0 Å². The van der Waals surface area contributed by atoms with Crippen LogP contribution in [-0.4, -0.2) is 28.4 Å². The van der Waals surface area contributed by atoms with Gasteiger partial charge in [0.05, 0.1) is 18.1 Å². The predicted octanol–water partition coefficient (Wildman–Crippen LogP) is 1.15. The molecule has 1 aromatic heterocycles. The number of nitrogens with zero attached hydrogens (tertiary/aromatic N) is 2. The standard InChI is InChI=1S/C11H19N3O2/c1-11(2,7-15)10-13-9(14-16-10)8-5-3-4-6-12-8/h8,12,15H,3-7H2,1-2H3. The predicted molar refractivity (Wildman–Crippen MR) is 59.0 cm³/mol. The summed E-state index contributed by atoms with van der Waals surface area (Å²) >= 11 is 0. The molecule has 5 nitrogen and oxygen atoms in total. The van der Waals surface area contributed by atoms with E-state index in [1.807, 2.05) is 13.8 Å². The minimum absolute atomic E-state index is 0.00668. The molecular formula is C11H19N3O2. The van der Waals surface area contributed by atoms with E-state index in [4.69, 9.17) is 4.52 Å². The highest BCUT2D eigenvalue weighted by atomic mass is 16.5. The van der Waals surface area contributed by atoms with Crippen LogP contribution in [0.25, 0.3) is 0 Å². The molecule has 2 N–H and O–H groups in total. The maximum absolute atomic E-state index is 9.22. The van der Waals surface area contributed by atoms with Gasteiger partial charge in [0.2, 0.25) is 5.89 Å². The molecule has 1 fully saturated rings. The maximum Gasteiger partial charge on any atom is 0.234 e. The van der Waals surface area contributed by atoms with Gasteiger partial charge in [-0.05, 0) is 33.2 Å². The first-order valence-electron chi connectivity index (χ1n) is 5.82. The molecule has 2 rings (SSSR count). The first kappa shape index (κ1) is 11.5. The molecule has 1 unspecified atom stereocenters. The van der Waals surface area contributed by atoms with E-state index in [9.17, 15) is 5.11 Å². The monoisotopic (exact) mass is 225 g/mol. The molecule has 1 atom stereocenters. The van der Waals surface area contributed by atoms with Crippen LogP contribution in [0.15, 0.2) is 4.52 Å². The molecule has 0 bridgehead atoms. The van der Waals surface area contributed by atoms with Gasteiger partial charge < -0.3 is 14.9 Å². The third-order valence-corrected chi connectivity index (χ3v) is 3.04. The van der Waals surface area contributed by atoms with Gasteiger partial charge in [0.25, 0.3) is 0 Å². The minimum atomic E-state index is -0.458. The second kappa shape index (κ2) is 4.51. The zero-order valence-corrected chi connectivity index (χ0v) is 9.86. The summed E-state index contributed by atoms with van der Waals surface area (Å²) in [5.74, 6) is 1.23. The van der Waals surface area contributed by atoms with E-state index in [0.29, 0.717) is 5.89 Å². The fourth-order valence-electron chi connectivity index (χ4n) is 1.79. The van der Waals surface area contributed by atoms with Gasteiger partial charge in [0.15, 0.2) is 5.82 Å². The molecule has 2 heterocycles. The number of piperidine rings is 1. The third kappa shape index (κ3) is 2.25. The lowest BCUT2D eigenvalue weighted by molar-refractivity contribution is 0.181. The van der Waals surface area contributed by atoms with Crippen molar-refractivity contribution in [2.24, 2.45) is 0 Å². The summed E-state index contributed by atoms with van der Waals surface area (Å²) in [5.41, 5.74) is -0.458. The van der Waals surface area contributed by atoms with Crippen LogP contribution < -0.4 is 5.32 Å². The number of aliphatic hydroxyl groups is 1. The molecule has 0 amide bonds. The summed E-state index contributed by atoms with van der Waals surface area (Å²) in [7, 11) is 0. The van der Waals surface area contributed by atoms with E-state index in [-0.39, 0.29) is 12.6 Å². The zero-order valence-electron chi connectivity index (χ0n) is 9.86. The summed E-state index contributed by atoms with van der Waals surface area (Å²) in [4.78, 5) is 4.38.